The molecule has 2 aliphatic rings. The van der Waals surface area contributed by atoms with Crippen LogP contribution in [0.2, 0.25) is 0 Å². The Hall–Kier alpha value is -0.510. The summed E-state index contributed by atoms with van der Waals surface area (Å²) in [5.74, 6) is 3.59. The predicted octanol–water partition coefficient (Wildman–Crippen LogP) is 2.56. The molecule has 1 fully saturated rings. The molecule has 0 spiro atoms. The minimum absolute atomic E-state index is 0.543. The molecule has 18 heavy (non-hydrogen) atoms. The van der Waals surface area contributed by atoms with E-state index in [0.717, 1.165) is 19.0 Å². The van der Waals surface area contributed by atoms with E-state index < -0.39 is 0 Å². The second kappa shape index (κ2) is 6.09. The summed E-state index contributed by atoms with van der Waals surface area (Å²) in [7, 11) is 0. The van der Waals surface area contributed by atoms with Crippen LogP contribution in [0.3, 0.4) is 0 Å². The van der Waals surface area contributed by atoms with Crippen LogP contribution in [0.15, 0.2) is 24.3 Å². The van der Waals surface area contributed by atoms with Crippen LogP contribution in [-0.4, -0.2) is 24.6 Å². The summed E-state index contributed by atoms with van der Waals surface area (Å²) in [6.07, 6.45) is 2.60. The highest BCUT2D eigenvalue weighted by Gasteiger charge is 2.20. The molecule has 2 N–H and O–H groups in total. The van der Waals surface area contributed by atoms with Crippen molar-refractivity contribution in [3.63, 3.8) is 0 Å². The van der Waals surface area contributed by atoms with E-state index in [1.807, 2.05) is 0 Å². The Morgan fingerprint density at radius 3 is 3.11 bits per heavy atom. The van der Waals surface area contributed by atoms with Crippen molar-refractivity contribution in [3.05, 3.63) is 35.4 Å². The van der Waals surface area contributed by atoms with Crippen LogP contribution in [-0.2, 0) is 6.54 Å². The van der Waals surface area contributed by atoms with Crippen LogP contribution in [0.4, 0.5) is 0 Å². The van der Waals surface area contributed by atoms with E-state index in [1.165, 1.54) is 42.0 Å². The molecule has 3 rings (SSSR count). The van der Waals surface area contributed by atoms with Gasteiger partial charge in [-0.05, 0) is 54.5 Å². The zero-order valence-electron chi connectivity index (χ0n) is 10.8. The van der Waals surface area contributed by atoms with Crippen molar-refractivity contribution in [2.45, 2.75) is 25.4 Å². The number of fused-ring (bicyclic) bond motifs is 1. The lowest BCUT2D eigenvalue weighted by Gasteiger charge is -2.21. The second-order valence-corrected chi connectivity index (χ2v) is 6.50. The van der Waals surface area contributed by atoms with Crippen LogP contribution in [0, 0.1) is 5.92 Å². The van der Waals surface area contributed by atoms with Gasteiger partial charge in [-0.15, -0.1) is 0 Å². The van der Waals surface area contributed by atoms with Gasteiger partial charge in [-0.1, -0.05) is 24.3 Å². The maximum absolute atomic E-state index is 3.81. The molecule has 2 aliphatic heterocycles. The number of rotatable bonds is 3. The molecule has 2 atom stereocenters. The van der Waals surface area contributed by atoms with E-state index in [0.29, 0.717) is 6.04 Å². The summed E-state index contributed by atoms with van der Waals surface area (Å²) in [5, 5.41) is 7.32. The molecule has 1 aromatic carbocycles. The van der Waals surface area contributed by atoms with E-state index >= 15 is 0 Å². The third-order valence-electron chi connectivity index (χ3n) is 4.03. The third kappa shape index (κ3) is 2.90. The highest BCUT2D eigenvalue weighted by atomic mass is 32.2. The van der Waals surface area contributed by atoms with E-state index in [1.54, 1.807) is 0 Å². The third-order valence-corrected chi connectivity index (χ3v) is 5.26. The standard InChI is InChI=1S/C15H22N2S/c1-2-4-14-13(3-1)10-16-7-5-15(14)17-9-12-6-8-18-11-12/h1-4,12,15-17H,5-11H2. The first-order chi connectivity index (χ1) is 8.93. The summed E-state index contributed by atoms with van der Waals surface area (Å²) >= 11 is 2.11. The quantitative estimate of drug-likeness (QED) is 0.875. The monoisotopic (exact) mass is 262 g/mol. The molecule has 0 aromatic heterocycles. The molecule has 0 radical (unpaired) electrons. The minimum atomic E-state index is 0.543. The smallest absolute Gasteiger partial charge is 0.0335 e. The van der Waals surface area contributed by atoms with E-state index in [-0.39, 0.29) is 0 Å². The number of hydrogen-bond donors (Lipinski definition) is 2. The summed E-state index contributed by atoms with van der Waals surface area (Å²) in [6.45, 7) is 3.32. The van der Waals surface area contributed by atoms with Gasteiger partial charge in [0.25, 0.3) is 0 Å². The Kier molecular flexibility index (Phi) is 4.24. The molecule has 3 heteroatoms. The van der Waals surface area contributed by atoms with Crippen molar-refractivity contribution in [1.82, 2.24) is 10.6 Å². The molecule has 0 amide bonds. The lowest BCUT2D eigenvalue weighted by Crippen LogP contribution is -2.28. The van der Waals surface area contributed by atoms with Crippen molar-refractivity contribution in [3.8, 4) is 0 Å². The average molecular weight is 262 g/mol. The van der Waals surface area contributed by atoms with Crippen LogP contribution in [0.5, 0.6) is 0 Å². The van der Waals surface area contributed by atoms with E-state index in [2.05, 4.69) is 46.7 Å². The molecule has 2 unspecified atom stereocenters. The maximum Gasteiger partial charge on any atom is 0.0335 e. The van der Waals surface area contributed by atoms with E-state index in [9.17, 15) is 0 Å². The predicted molar refractivity (Wildman–Crippen MR) is 78.9 cm³/mol. The number of benzene rings is 1. The first-order valence-corrected chi connectivity index (χ1v) is 8.18. The van der Waals surface area contributed by atoms with Crippen molar-refractivity contribution >= 4 is 11.8 Å². The van der Waals surface area contributed by atoms with Gasteiger partial charge in [0.2, 0.25) is 0 Å². The first-order valence-electron chi connectivity index (χ1n) is 7.03. The molecule has 0 bridgehead atoms. The summed E-state index contributed by atoms with van der Waals surface area (Å²) in [5.41, 5.74) is 2.97. The first kappa shape index (κ1) is 12.5. The van der Waals surface area contributed by atoms with Crippen LogP contribution >= 0.6 is 11.8 Å². The maximum atomic E-state index is 3.81. The Morgan fingerprint density at radius 1 is 1.28 bits per heavy atom. The normalized spacial score (nSPS) is 27.8. The number of thioether (sulfide) groups is 1. The van der Waals surface area contributed by atoms with Gasteiger partial charge >= 0.3 is 0 Å². The van der Waals surface area contributed by atoms with Gasteiger partial charge in [-0.25, -0.2) is 0 Å². The largest absolute Gasteiger partial charge is 0.313 e. The lowest BCUT2D eigenvalue weighted by atomic mass is 9.98. The van der Waals surface area contributed by atoms with Crippen molar-refractivity contribution in [1.29, 1.82) is 0 Å². The fraction of sp³-hybridized carbons (Fsp3) is 0.600. The summed E-state index contributed by atoms with van der Waals surface area (Å²) in [4.78, 5) is 0. The molecular formula is C15H22N2S. The molecule has 1 aromatic rings. The van der Waals surface area contributed by atoms with Crippen LogP contribution < -0.4 is 10.6 Å². The molecule has 0 saturated carbocycles. The fourth-order valence-electron chi connectivity index (χ4n) is 2.93. The molecule has 1 saturated heterocycles. The van der Waals surface area contributed by atoms with Gasteiger partial charge in [0.1, 0.15) is 0 Å². The van der Waals surface area contributed by atoms with Gasteiger partial charge in [0.15, 0.2) is 0 Å². The topological polar surface area (TPSA) is 24.1 Å². The van der Waals surface area contributed by atoms with Crippen molar-refractivity contribution in [2.75, 3.05) is 24.6 Å². The Bertz CT molecular complexity index is 388. The van der Waals surface area contributed by atoms with Crippen molar-refractivity contribution in [2.24, 2.45) is 5.92 Å². The fourth-order valence-corrected chi connectivity index (χ4v) is 4.21. The Labute approximate surface area is 114 Å². The molecule has 2 nitrogen and oxygen atoms in total. The molecule has 98 valence electrons. The highest BCUT2D eigenvalue weighted by molar-refractivity contribution is 7.99. The van der Waals surface area contributed by atoms with Gasteiger partial charge in [0, 0.05) is 12.6 Å². The van der Waals surface area contributed by atoms with Gasteiger partial charge in [-0.2, -0.15) is 11.8 Å². The zero-order valence-corrected chi connectivity index (χ0v) is 11.6. The van der Waals surface area contributed by atoms with Crippen LogP contribution in [0.1, 0.15) is 30.0 Å². The highest BCUT2D eigenvalue weighted by Crippen LogP contribution is 2.26. The number of nitrogens with one attached hydrogen (secondary N) is 2. The summed E-state index contributed by atoms with van der Waals surface area (Å²) in [6, 6.07) is 9.42. The zero-order chi connectivity index (χ0) is 12.2. The average Bonchev–Trinajstić information content (AvgIpc) is 2.84. The molecular weight excluding hydrogens is 240 g/mol. The summed E-state index contributed by atoms with van der Waals surface area (Å²) < 4.78 is 0. The molecule has 2 heterocycles. The Balaban J connectivity index is 1.67. The number of hydrogen-bond acceptors (Lipinski definition) is 3. The SMILES string of the molecule is c1ccc2c(c1)CNCCC2NCC1CCSC1. The Morgan fingerprint density at radius 2 is 2.22 bits per heavy atom. The van der Waals surface area contributed by atoms with Crippen molar-refractivity contribution < 1.29 is 0 Å². The van der Waals surface area contributed by atoms with Crippen LogP contribution in [0.25, 0.3) is 0 Å². The van der Waals surface area contributed by atoms with Gasteiger partial charge in [-0.3, -0.25) is 0 Å². The van der Waals surface area contributed by atoms with E-state index in [4.69, 9.17) is 0 Å². The lowest BCUT2D eigenvalue weighted by molar-refractivity contribution is 0.440. The minimum Gasteiger partial charge on any atom is -0.313 e. The van der Waals surface area contributed by atoms with Gasteiger partial charge in [0.05, 0.1) is 0 Å². The van der Waals surface area contributed by atoms with Gasteiger partial charge < -0.3 is 10.6 Å². The second-order valence-electron chi connectivity index (χ2n) is 5.35. The molecule has 0 aliphatic carbocycles.